The Balaban J connectivity index is 0.766. The van der Waals surface area contributed by atoms with Crippen molar-refractivity contribution in [2.75, 3.05) is 80.8 Å². The van der Waals surface area contributed by atoms with Gasteiger partial charge in [0.25, 0.3) is 23.6 Å². The first-order valence-corrected chi connectivity index (χ1v) is 24.7. The second kappa shape index (κ2) is 21.8. The highest BCUT2D eigenvalue weighted by Crippen LogP contribution is 2.47. The van der Waals surface area contributed by atoms with Crippen LogP contribution in [0.25, 0.3) is 21.7 Å². The molecule has 4 heterocycles. The van der Waals surface area contributed by atoms with Crippen LogP contribution < -0.4 is 36.2 Å². The summed E-state index contributed by atoms with van der Waals surface area (Å²) in [6.45, 7) is 4.74. The van der Waals surface area contributed by atoms with E-state index in [0.717, 1.165) is 89.4 Å². The summed E-state index contributed by atoms with van der Waals surface area (Å²) in [5.41, 5.74) is 5.37. The molecule has 0 radical (unpaired) electrons. The highest BCUT2D eigenvalue weighted by atomic mass is 35.5. The van der Waals surface area contributed by atoms with Crippen molar-refractivity contribution in [3.8, 4) is 5.75 Å². The van der Waals surface area contributed by atoms with Crippen LogP contribution in [0.5, 0.6) is 5.75 Å². The number of carbonyl (C=O) groups excluding carboxylic acids is 8. The number of ether oxygens (including phenoxy) is 1. The highest BCUT2D eigenvalue weighted by molar-refractivity contribution is 6.19. The Hall–Kier alpha value is -8.03. The minimum Gasteiger partial charge on any atom is -0.441 e. The summed E-state index contributed by atoms with van der Waals surface area (Å²) >= 11 is 6.62. The van der Waals surface area contributed by atoms with E-state index in [0.29, 0.717) is 46.3 Å². The van der Waals surface area contributed by atoms with Gasteiger partial charge in [0, 0.05) is 109 Å². The van der Waals surface area contributed by atoms with Crippen molar-refractivity contribution < 1.29 is 43.1 Å². The number of likely N-dealkylation sites (N-methyl/N-ethyl adjacent to an activating group) is 1. The van der Waals surface area contributed by atoms with E-state index in [4.69, 9.17) is 16.3 Å². The number of imide groups is 1. The van der Waals surface area contributed by atoms with Crippen molar-refractivity contribution in [3.05, 3.63) is 119 Å². The number of amides is 8. The number of fused-ring (bicyclic) bond motifs is 4. The topological polar surface area (TPSA) is 235 Å². The van der Waals surface area contributed by atoms with Gasteiger partial charge in [-0.15, -0.1) is 11.6 Å². The lowest BCUT2D eigenvalue weighted by molar-refractivity contribution is -0.137. The van der Waals surface area contributed by atoms with Gasteiger partial charge in [-0.05, 0) is 98.3 Å². The molecule has 9 rings (SSSR count). The molecule has 378 valence electrons. The van der Waals surface area contributed by atoms with Crippen molar-refractivity contribution in [1.82, 2.24) is 35.6 Å². The van der Waals surface area contributed by atoms with E-state index in [1.807, 2.05) is 18.2 Å². The average molecular weight is 1010 g/mol. The molecule has 19 nitrogen and oxygen atoms in total. The molecule has 3 aliphatic heterocycles. The normalized spacial score (nSPS) is 16.6. The number of rotatable bonds is 18. The lowest BCUT2D eigenvalue weighted by atomic mass is 9.95. The molecule has 4 aromatic carbocycles. The Labute approximate surface area is 425 Å². The maximum atomic E-state index is 14.5. The molecule has 6 N–H and O–H groups in total. The molecule has 1 saturated heterocycles. The maximum absolute atomic E-state index is 14.5. The van der Waals surface area contributed by atoms with Crippen molar-refractivity contribution in [1.29, 1.82) is 0 Å². The number of allylic oxidation sites excluding steroid dienone is 1. The van der Waals surface area contributed by atoms with E-state index in [9.17, 15) is 38.4 Å². The number of benzene rings is 4. The molecule has 1 saturated carbocycles. The molecular formula is C53H55ClN10O9. The largest absolute Gasteiger partial charge is 0.441 e. The second-order valence-corrected chi connectivity index (χ2v) is 18.8. The lowest BCUT2D eigenvalue weighted by Crippen LogP contribution is -2.49. The zero-order chi connectivity index (χ0) is 51.3. The molecule has 8 amide bonds. The summed E-state index contributed by atoms with van der Waals surface area (Å²) < 4.78 is 6.87. The SMILES string of the molecule is C[C@H](NC(=O)CNC(=O)CCCN1C(=O)C=CC1=O)C(=O)NCC(=O)Nc1ccc(C(=O)Nc2ccc3[nH]c(C(=O)N4C[C@@H](CCl)c5c4cc(OC(=C4CC4)N4CCN(C)CC4)c4ccccc54)cc3c2)cc1. The number of halogens is 1. The lowest BCUT2D eigenvalue weighted by Gasteiger charge is -2.35. The Morgan fingerprint density at radius 2 is 1.49 bits per heavy atom. The fraction of sp³-hybridized carbons (Fsp3) is 0.321. The molecule has 5 aromatic rings. The molecule has 1 aliphatic carbocycles. The van der Waals surface area contributed by atoms with Gasteiger partial charge in [0.1, 0.15) is 17.5 Å². The number of hydrogen-bond donors (Lipinski definition) is 6. The van der Waals surface area contributed by atoms with Crippen LogP contribution in [0, 0.1) is 0 Å². The standard InChI is InChI=1S/C53H55ClN10O9/c1-31(57-45(66)28-55-44(65)8-5-19-63-47(68)17-18-48(63)69)50(70)56-29-46(67)58-36-13-11-32(12-14-36)51(71)59-37-15-16-40-34(24-37)25-41(60-40)52(72)64-30-35(27-54)49-39-7-4-3-6-38(39)43(26-42(49)64)73-53(33-9-10-33)62-22-20-61(2)21-23-62/h3-4,6-7,11-18,24-26,31,35,60H,5,8-10,19-23,27-30H2,1-2H3,(H,55,65)(H,56,70)(H,57,66)(H,58,67)(H,59,71)/t31-,35+/m0/s1. The molecule has 0 spiro atoms. The van der Waals surface area contributed by atoms with Crippen molar-refractivity contribution in [2.45, 2.75) is 44.6 Å². The van der Waals surface area contributed by atoms with Crippen LogP contribution in [-0.2, 0) is 28.8 Å². The van der Waals surface area contributed by atoms with Gasteiger partial charge in [0.05, 0.1) is 18.8 Å². The molecule has 0 bridgehead atoms. The Kier molecular flexibility index (Phi) is 14.9. The van der Waals surface area contributed by atoms with Crippen LogP contribution in [0.2, 0.25) is 0 Å². The number of anilines is 3. The molecule has 20 heteroatoms. The van der Waals surface area contributed by atoms with Crippen LogP contribution in [0.3, 0.4) is 0 Å². The summed E-state index contributed by atoms with van der Waals surface area (Å²) in [6, 6.07) is 22.4. The number of aromatic amines is 1. The predicted molar refractivity (Wildman–Crippen MR) is 275 cm³/mol. The number of nitrogens with one attached hydrogen (secondary N) is 6. The second-order valence-electron chi connectivity index (χ2n) is 18.5. The van der Waals surface area contributed by atoms with Gasteiger partial charge in [-0.3, -0.25) is 43.3 Å². The maximum Gasteiger partial charge on any atom is 0.274 e. The zero-order valence-electron chi connectivity index (χ0n) is 40.3. The van der Waals surface area contributed by atoms with Crippen LogP contribution in [0.4, 0.5) is 17.1 Å². The van der Waals surface area contributed by atoms with E-state index < -0.39 is 60.5 Å². The zero-order valence-corrected chi connectivity index (χ0v) is 41.1. The minimum absolute atomic E-state index is 0.0236. The molecular weight excluding hydrogens is 956 g/mol. The van der Waals surface area contributed by atoms with E-state index >= 15 is 0 Å². The number of H-pyrrole nitrogens is 1. The van der Waals surface area contributed by atoms with Crippen molar-refractivity contribution >= 4 is 97.6 Å². The number of nitrogens with zero attached hydrogens (tertiary/aromatic N) is 4. The third-order valence-electron chi connectivity index (χ3n) is 13.2. The molecule has 0 unspecified atom stereocenters. The smallest absolute Gasteiger partial charge is 0.274 e. The Morgan fingerprint density at radius 3 is 2.21 bits per heavy atom. The molecule has 73 heavy (non-hydrogen) atoms. The number of alkyl halides is 1. The summed E-state index contributed by atoms with van der Waals surface area (Å²) in [6.07, 6.45) is 4.53. The van der Waals surface area contributed by atoms with Gasteiger partial charge in [-0.2, -0.15) is 0 Å². The van der Waals surface area contributed by atoms with Gasteiger partial charge in [-0.25, -0.2) is 0 Å². The summed E-state index contributed by atoms with van der Waals surface area (Å²) in [4.78, 5) is 112. The number of piperazine rings is 1. The Bertz CT molecular complexity index is 3080. The van der Waals surface area contributed by atoms with Gasteiger partial charge >= 0.3 is 0 Å². The average Bonchev–Trinajstić information content (AvgIpc) is 3.91. The molecule has 2 fully saturated rings. The first kappa shape index (κ1) is 49.9. The van der Waals surface area contributed by atoms with Crippen LogP contribution in [-0.4, -0.2) is 138 Å². The number of hydrogen-bond acceptors (Lipinski definition) is 11. The quantitative estimate of drug-likeness (QED) is 0.0404. The summed E-state index contributed by atoms with van der Waals surface area (Å²) in [7, 11) is 2.13. The molecule has 2 atom stereocenters. The third-order valence-corrected chi connectivity index (χ3v) is 13.6. The minimum atomic E-state index is -1.03. The van der Waals surface area contributed by atoms with Crippen molar-refractivity contribution in [2.24, 2.45) is 0 Å². The van der Waals surface area contributed by atoms with Gasteiger partial charge < -0.3 is 51.0 Å². The van der Waals surface area contributed by atoms with Crippen molar-refractivity contribution in [3.63, 3.8) is 0 Å². The first-order valence-electron chi connectivity index (χ1n) is 24.2. The summed E-state index contributed by atoms with van der Waals surface area (Å²) in [5, 5.41) is 15.6. The van der Waals surface area contributed by atoms with E-state index in [1.54, 1.807) is 41.3 Å². The highest BCUT2D eigenvalue weighted by Gasteiger charge is 2.37. The monoisotopic (exact) mass is 1010 g/mol. The van der Waals surface area contributed by atoms with Crippen LogP contribution >= 0.6 is 11.6 Å². The third kappa shape index (κ3) is 11.5. The molecule has 1 aromatic heterocycles. The van der Waals surface area contributed by atoms with E-state index in [-0.39, 0.29) is 31.2 Å². The van der Waals surface area contributed by atoms with Crippen LogP contribution in [0.1, 0.15) is 64.9 Å². The van der Waals surface area contributed by atoms with E-state index in [1.165, 1.54) is 24.6 Å². The fourth-order valence-corrected chi connectivity index (χ4v) is 9.40. The van der Waals surface area contributed by atoms with Gasteiger partial charge in [-0.1, -0.05) is 24.3 Å². The van der Waals surface area contributed by atoms with Crippen LogP contribution in [0.15, 0.2) is 102 Å². The summed E-state index contributed by atoms with van der Waals surface area (Å²) in [5.74, 6) is -1.95. The first-order chi connectivity index (χ1) is 35.2. The number of carbonyl (C=O) groups is 8. The molecule has 4 aliphatic rings. The fourth-order valence-electron chi connectivity index (χ4n) is 9.15. The van der Waals surface area contributed by atoms with E-state index in [2.05, 4.69) is 60.5 Å². The van der Waals surface area contributed by atoms with Gasteiger partial charge in [0.2, 0.25) is 23.6 Å². The number of aromatic nitrogens is 1. The predicted octanol–water partition coefficient (Wildman–Crippen LogP) is 4.57. The van der Waals surface area contributed by atoms with Gasteiger partial charge in [0.15, 0.2) is 5.88 Å². The Morgan fingerprint density at radius 1 is 0.795 bits per heavy atom.